The molecule has 17 heavy (non-hydrogen) atoms. The number of nitrogens with one attached hydrogen (secondary N) is 1. The molecule has 0 aliphatic heterocycles. The Labute approximate surface area is 120 Å². The summed E-state index contributed by atoms with van der Waals surface area (Å²) < 4.78 is 1.85. The minimum atomic E-state index is -0.142. The Kier molecular flexibility index (Phi) is 3.96. The molecule has 6 heteroatoms. The van der Waals surface area contributed by atoms with Crippen LogP contribution in [0.2, 0.25) is 0 Å². The van der Waals surface area contributed by atoms with Crippen molar-refractivity contribution in [3.8, 4) is 0 Å². The average molecular weight is 376 g/mol. The Morgan fingerprint density at radius 2 is 2.18 bits per heavy atom. The molecule has 1 amide bonds. The molecule has 0 unspecified atom stereocenters. The van der Waals surface area contributed by atoms with Gasteiger partial charge in [0.2, 0.25) is 0 Å². The van der Waals surface area contributed by atoms with Crippen LogP contribution < -0.4 is 5.32 Å². The lowest BCUT2D eigenvalue weighted by molar-refractivity contribution is 0.102. The van der Waals surface area contributed by atoms with Crippen molar-refractivity contribution in [2.75, 3.05) is 5.32 Å². The highest BCUT2D eigenvalue weighted by Crippen LogP contribution is 2.24. The van der Waals surface area contributed by atoms with Crippen LogP contribution in [0.4, 0.5) is 5.13 Å². The second kappa shape index (κ2) is 5.29. The summed E-state index contributed by atoms with van der Waals surface area (Å²) in [5.41, 5.74) is 1.58. The molecule has 0 fully saturated rings. The zero-order chi connectivity index (χ0) is 12.4. The Hall–Kier alpha value is -0.720. The number of aryl methyl sites for hydroxylation is 1. The summed E-state index contributed by atoms with van der Waals surface area (Å²) in [7, 11) is 0. The summed E-state index contributed by atoms with van der Waals surface area (Å²) in [5.74, 6) is -0.142. The standard InChI is InChI=1S/C11H8Br2N2OS/c1-6-4-7(12)2-3-8(6)10(16)15-11-14-5-9(13)17-11/h2-5H,1H3,(H,14,15,16). The second-order valence-corrected chi connectivity index (χ2v) is 6.71. The van der Waals surface area contributed by atoms with E-state index in [1.165, 1.54) is 11.3 Å². The van der Waals surface area contributed by atoms with Crippen LogP contribution in [-0.4, -0.2) is 10.9 Å². The van der Waals surface area contributed by atoms with Gasteiger partial charge in [-0.2, -0.15) is 0 Å². The number of hydrogen-bond donors (Lipinski definition) is 1. The van der Waals surface area contributed by atoms with Gasteiger partial charge < -0.3 is 0 Å². The van der Waals surface area contributed by atoms with Crippen LogP contribution in [0.15, 0.2) is 32.7 Å². The molecule has 2 rings (SSSR count). The van der Waals surface area contributed by atoms with Gasteiger partial charge in [0.05, 0.1) is 9.98 Å². The minimum absolute atomic E-state index is 0.142. The van der Waals surface area contributed by atoms with Crippen molar-refractivity contribution in [3.63, 3.8) is 0 Å². The normalized spacial score (nSPS) is 10.3. The molecule has 0 saturated carbocycles. The van der Waals surface area contributed by atoms with Crippen molar-refractivity contribution in [2.45, 2.75) is 6.92 Å². The van der Waals surface area contributed by atoms with E-state index in [1.54, 1.807) is 12.3 Å². The Balaban J connectivity index is 2.20. The number of carbonyl (C=O) groups excluding carboxylic acids is 1. The number of aromatic nitrogens is 1. The summed E-state index contributed by atoms with van der Waals surface area (Å²) in [6, 6.07) is 5.55. The number of benzene rings is 1. The van der Waals surface area contributed by atoms with Gasteiger partial charge in [-0.3, -0.25) is 10.1 Å². The van der Waals surface area contributed by atoms with E-state index in [0.717, 1.165) is 13.8 Å². The molecule has 0 radical (unpaired) electrons. The summed E-state index contributed by atoms with van der Waals surface area (Å²) in [5, 5.41) is 3.35. The summed E-state index contributed by atoms with van der Waals surface area (Å²) in [6.45, 7) is 1.90. The van der Waals surface area contributed by atoms with Crippen LogP contribution in [0.1, 0.15) is 15.9 Å². The molecule has 0 bridgehead atoms. The van der Waals surface area contributed by atoms with Crippen molar-refractivity contribution in [3.05, 3.63) is 43.8 Å². The van der Waals surface area contributed by atoms with Crippen LogP contribution in [0.3, 0.4) is 0 Å². The van der Waals surface area contributed by atoms with Crippen molar-refractivity contribution < 1.29 is 4.79 Å². The molecular formula is C11H8Br2N2OS. The smallest absolute Gasteiger partial charge is 0.257 e. The highest BCUT2D eigenvalue weighted by Gasteiger charge is 2.11. The number of hydrogen-bond acceptors (Lipinski definition) is 3. The Morgan fingerprint density at radius 1 is 1.41 bits per heavy atom. The largest absolute Gasteiger partial charge is 0.298 e. The van der Waals surface area contributed by atoms with Crippen LogP contribution in [0, 0.1) is 6.92 Å². The van der Waals surface area contributed by atoms with Gasteiger partial charge in [0.25, 0.3) is 5.91 Å². The predicted molar refractivity (Wildman–Crippen MR) is 76.6 cm³/mol. The van der Waals surface area contributed by atoms with Crippen molar-refractivity contribution >= 4 is 54.2 Å². The molecule has 0 atom stereocenters. The van der Waals surface area contributed by atoms with Crippen molar-refractivity contribution in [1.82, 2.24) is 4.98 Å². The van der Waals surface area contributed by atoms with Crippen LogP contribution in [-0.2, 0) is 0 Å². The third-order valence-electron chi connectivity index (χ3n) is 2.13. The molecule has 2 aromatic rings. The van der Waals surface area contributed by atoms with Crippen LogP contribution in [0.5, 0.6) is 0 Å². The van der Waals surface area contributed by atoms with E-state index in [9.17, 15) is 4.79 Å². The van der Waals surface area contributed by atoms with Gasteiger partial charge in [-0.05, 0) is 46.6 Å². The van der Waals surface area contributed by atoms with Crippen LogP contribution in [0.25, 0.3) is 0 Å². The fourth-order valence-corrected chi connectivity index (χ4v) is 2.94. The number of anilines is 1. The number of carbonyl (C=O) groups is 1. The van der Waals surface area contributed by atoms with E-state index in [-0.39, 0.29) is 5.91 Å². The quantitative estimate of drug-likeness (QED) is 0.853. The third kappa shape index (κ3) is 3.14. The van der Waals surface area contributed by atoms with E-state index in [4.69, 9.17) is 0 Å². The zero-order valence-corrected chi connectivity index (χ0v) is 12.8. The zero-order valence-electron chi connectivity index (χ0n) is 8.83. The van der Waals surface area contributed by atoms with Gasteiger partial charge in [-0.25, -0.2) is 4.98 Å². The SMILES string of the molecule is Cc1cc(Br)ccc1C(=O)Nc1ncc(Br)s1. The molecular weight excluding hydrogens is 368 g/mol. The van der Waals surface area contributed by atoms with Gasteiger partial charge in [0.15, 0.2) is 5.13 Å². The summed E-state index contributed by atoms with van der Waals surface area (Å²) in [6.07, 6.45) is 1.66. The minimum Gasteiger partial charge on any atom is -0.298 e. The summed E-state index contributed by atoms with van der Waals surface area (Å²) in [4.78, 5) is 16.0. The fourth-order valence-electron chi connectivity index (χ4n) is 1.36. The third-order valence-corrected chi connectivity index (χ3v) is 4.02. The van der Waals surface area contributed by atoms with Crippen molar-refractivity contribution in [2.24, 2.45) is 0 Å². The van der Waals surface area contributed by atoms with Gasteiger partial charge in [0, 0.05) is 10.0 Å². The second-order valence-electron chi connectivity index (χ2n) is 3.38. The molecule has 0 spiro atoms. The molecule has 1 aromatic carbocycles. The maximum atomic E-state index is 12.0. The Morgan fingerprint density at radius 3 is 2.76 bits per heavy atom. The van der Waals surface area contributed by atoms with E-state index in [0.29, 0.717) is 10.7 Å². The average Bonchev–Trinajstić information content (AvgIpc) is 2.63. The lowest BCUT2D eigenvalue weighted by atomic mass is 10.1. The first-order valence-electron chi connectivity index (χ1n) is 4.75. The van der Waals surface area contributed by atoms with E-state index in [2.05, 4.69) is 42.2 Å². The Bertz CT molecular complexity index is 568. The highest BCUT2D eigenvalue weighted by atomic mass is 79.9. The molecule has 0 saturated heterocycles. The van der Waals surface area contributed by atoms with E-state index in [1.807, 2.05) is 19.1 Å². The number of thiazole rings is 1. The first-order chi connectivity index (χ1) is 8.06. The monoisotopic (exact) mass is 374 g/mol. The molecule has 1 heterocycles. The van der Waals surface area contributed by atoms with Gasteiger partial charge in [0.1, 0.15) is 0 Å². The first-order valence-corrected chi connectivity index (χ1v) is 7.15. The molecule has 0 aliphatic rings. The molecule has 0 aliphatic carbocycles. The highest BCUT2D eigenvalue weighted by molar-refractivity contribution is 9.11. The maximum Gasteiger partial charge on any atom is 0.257 e. The molecule has 88 valence electrons. The number of rotatable bonds is 2. The van der Waals surface area contributed by atoms with Crippen molar-refractivity contribution in [1.29, 1.82) is 0 Å². The molecule has 1 N–H and O–H groups in total. The van der Waals surface area contributed by atoms with Crippen LogP contribution >= 0.6 is 43.2 Å². The van der Waals surface area contributed by atoms with E-state index >= 15 is 0 Å². The number of halogens is 2. The number of nitrogens with zero attached hydrogens (tertiary/aromatic N) is 1. The molecule has 3 nitrogen and oxygen atoms in total. The van der Waals surface area contributed by atoms with Gasteiger partial charge in [-0.15, -0.1) is 0 Å². The van der Waals surface area contributed by atoms with E-state index < -0.39 is 0 Å². The first kappa shape index (κ1) is 12.7. The molecule has 1 aromatic heterocycles. The maximum absolute atomic E-state index is 12.0. The lowest BCUT2D eigenvalue weighted by Gasteiger charge is -2.05. The van der Waals surface area contributed by atoms with Gasteiger partial charge >= 0.3 is 0 Å². The predicted octanol–water partition coefficient (Wildman–Crippen LogP) is 4.23. The number of amides is 1. The topological polar surface area (TPSA) is 42.0 Å². The fraction of sp³-hybridized carbons (Fsp3) is 0.0909. The summed E-state index contributed by atoms with van der Waals surface area (Å²) >= 11 is 8.05. The lowest BCUT2D eigenvalue weighted by Crippen LogP contribution is -2.12. The van der Waals surface area contributed by atoms with Gasteiger partial charge in [-0.1, -0.05) is 27.3 Å².